The molecule has 5 aromatic rings. The Hall–Kier alpha value is -3.76. The van der Waals surface area contributed by atoms with E-state index in [0.29, 0.717) is 27.3 Å². The highest BCUT2D eigenvalue weighted by Gasteiger charge is 2.32. The minimum atomic E-state index is -4.68. The summed E-state index contributed by atoms with van der Waals surface area (Å²) in [5, 5.41) is 11.4. The molecule has 0 radical (unpaired) electrons. The van der Waals surface area contributed by atoms with E-state index in [2.05, 4.69) is 4.98 Å². The summed E-state index contributed by atoms with van der Waals surface area (Å²) >= 11 is 7.22. The van der Waals surface area contributed by atoms with Gasteiger partial charge in [-0.25, -0.2) is 14.2 Å². The Kier molecular flexibility index (Phi) is 6.48. The molecule has 3 heterocycles. The molecule has 0 bridgehead atoms. The van der Waals surface area contributed by atoms with Crippen LogP contribution in [0.2, 0.25) is 4.47 Å². The normalized spacial score (nSPS) is 11.9. The van der Waals surface area contributed by atoms with Crippen molar-refractivity contribution in [1.29, 1.82) is 0 Å². The number of fused-ring (bicyclic) bond motifs is 1. The summed E-state index contributed by atoms with van der Waals surface area (Å²) in [6.45, 7) is 3.66. The van der Waals surface area contributed by atoms with Crippen LogP contribution >= 0.6 is 22.9 Å². The van der Waals surface area contributed by atoms with Crippen molar-refractivity contribution in [2.24, 2.45) is 0 Å². The quantitative estimate of drug-likeness (QED) is 0.200. The molecule has 5 rings (SSSR count). The third kappa shape index (κ3) is 4.54. The van der Waals surface area contributed by atoms with E-state index in [4.69, 9.17) is 11.6 Å². The highest BCUT2D eigenvalue weighted by atomic mass is 35.5. The van der Waals surface area contributed by atoms with Crippen molar-refractivity contribution in [1.82, 2.24) is 9.38 Å². The highest BCUT2D eigenvalue weighted by molar-refractivity contribution is 7.15. The predicted molar refractivity (Wildman–Crippen MR) is 137 cm³/mol. The van der Waals surface area contributed by atoms with E-state index in [0.717, 1.165) is 22.6 Å². The summed E-state index contributed by atoms with van der Waals surface area (Å²) in [6, 6.07) is 10.6. The van der Waals surface area contributed by atoms with Crippen LogP contribution in [0.15, 0.2) is 65.7 Å². The topological polar surface area (TPSA) is 58.5 Å². The van der Waals surface area contributed by atoms with Crippen LogP contribution in [0.3, 0.4) is 0 Å². The van der Waals surface area contributed by atoms with Crippen LogP contribution in [0.4, 0.5) is 17.6 Å². The van der Waals surface area contributed by atoms with Crippen LogP contribution in [0.1, 0.15) is 21.6 Å². The molecule has 194 valence electrons. The number of pyridine rings is 1. The van der Waals surface area contributed by atoms with Crippen molar-refractivity contribution in [3.63, 3.8) is 0 Å². The minimum Gasteiger partial charge on any atom is -0.477 e. The monoisotopic (exact) mass is 560 g/mol. The van der Waals surface area contributed by atoms with Crippen molar-refractivity contribution >= 4 is 28.6 Å². The lowest BCUT2D eigenvalue weighted by molar-refractivity contribution is -0.671. The van der Waals surface area contributed by atoms with Gasteiger partial charge in [0, 0.05) is 17.3 Å². The first-order valence-electron chi connectivity index (χ1n) is 11.3. The lowest BCUT2D eigenvalue weighted by Gasteiger charge is -2.14. The molecule has 3 aromatic heterocycles. The molecule has 5 nitrogen and oxygen atoms in total. The van der Waals surface area contributed by atoms with Crippen LogP contribution in [0.25, 0.3) is 27.9 Å². The Bertz CT molecular complexity index is 1780. The average molecular weight is 561 g/mol. The first-order chi connectivity index (χ1) is 18.0. The second-order valence-corrected chi connectivity index (χ2v) is 10.5. The van der Waals surface area contributed by atoms with Gasteiger partial charge in [-0.15, -0.1) is 11.3 Å². The van der Waals surface area contributed by atoms with Gasteiger partial charge in [0.2, 0.25) is 0 Å². The molecule has 0 saturated heterocycles. The van der Waals surface area contributed by atoms with Crippen molar-refractivity contribution in [3.05, 3.63) is 103 Å². The van der Waals surface area contributed by atoms with Gasteiger partial charge in [-0.2, -0.15) is 22.1 Å². The van der Waals surface area contributed by atoms with E-state index in [-0.39, 0.29) is 29.1 Å². The number of alkyl halides is 3. The minimum absolute atomic E-state index is 0.0442. The van der Waals surface area contributed by atoms with Crippen molar-refractivity contribution in [2.45, 2.75) is 26.6 Å². The standard InChI is InChI=1S/C27H18ClF4N3O2S/c1-14-5-6-16(10-20(14)19-8-7-17(11-21(19)29)27(30,31)32)22-24(36)34-9-3-4-15(2)23(34)35(25(22)37)13-18-12-33-26(28)38-18/h3-12H,13H2,1-2H3/p+1. The lowest BCUT2D eigenvalue weighted by Crippen LogP contribution is -2.41. The lowest BCUT2D eigenvalue weighted by atomic mass is 9.94. The maximum atomic E-state index is 14.9. The van der Waals surface area contributed by atoms with Gasteiger partial charge in [-0.1, -0.05) is 29.8 Å². The molecule has 0 spiro atoms. The van der Waals surface area contributed by atoms with Crippen LogP contribution in [-0.4, -0.2) is 14.5 Å². The van der Waals surface area contributed by atoms with Gasteiger partial charge in [0.05, 0.1) is 16.6 Å². The van der Waals surface area contributed by atoms with E-state index in [1.807, 2.05) is 0 Å². The maximum Gasteiger partial charge on any atom is 0.416 e. The summed E-state index contributed by atoms with van der Waals surface area (Å²) in [5.41, 5.74) is 0.638. The molecule has 2 aromatic carbocycles. The number of aryl methyl sites for hydroxylation is 2. The number of hydrogen-bond donors (Lipinski definition) is 1. The van der Waals surface area contributed by atoms with Gasteiger partial charge in [-0.3, -0.25) is 0 Å². The number of aromatic nitrogens is 3. The smallest absolute Gasteiger partial charge is 0.416 e. The molecular weight excluding hydrogens is 542 g/mol. The second-order valence-electron chi connectivity index (χ2n) is 8.78. The van der Waals surface area contributed by atoms with Gasteiger partial charge < -0.3 is 5.11 Å². The Balaban J connectivity index is 1.74. The van der Waals surface area contributed by atoms with E-state index in [9.17, 15) is 27.5 Å². The van der Waals surface area contributed by atoms with Gasteiger partial charge in [0.15, 0.2) is 10.0 Å². The molecular formula is C27H19ClF4N3O2S+. The summed E-state index contributed by atoms with van der Waals surface area (Å²) in [7, 11) is 0. The number of halogens is 5. The molecule has 0 aliphatic heterocycles. The molecule has 0 fully saturated rings. The van der Waals surface area contributed by atoms with Crippen molar-refractivity contribution in [2.75, 3.05) is 0 Å². The van der Waals surface area contributed by atoms with Gasteiger partial charge in [0.25, 0.3) is 11.5 Å². The van der Waals surface area contributed by atoms with E-state index < -0.39 is 23.1 Å². The molecule has 0 aliphatic rings. The summed E-state index contributed by atoms with van der Waals surface area (Å²) in [4.78, 5) is 18.4. The third-order valence-corrected chi connectivity index (χ3v) is 7.38. The first kappa shape index (κ1) is 25.9. The number of hydrogen-bond acceptors (Lipinski definition) is 4. The number of thiazole rings is 1. The zero-order valence-corrected chi connectivity index (χ0v) is 21.5. The Morgan fingerprint density at radius 3 is 2.50 bits per heavy atom. The predicted octanol–water partition coefficient (Wildman–Crippen LogP) is 6.56. The number of benzene rings is 2. The van der Waals surface area contributed by atoms with Crippen LogP contribution in [-0.2, 0) is 12.7 Å². The van der Waals surface area contributed by atoms with Crippen LogP contribution < -0.4 is 10.1 Å². The fourth-order valence-electron chi connectivity index (χ4n) is 4.46. The highest BCUT2D eigenvalue weighted by Crippen LogP contribution is 2.36. The number of aromatic hydroxyl groups is 1. The first-order valence-corrected chi connectivity index (χ1v) is 12.5. The molecule has 0 atom stereocenters. The second kappa shape index (κ2) is 9.52. The molecule has 38 heavy (non-hydrogen) atoms. The van der Waals surface area contributed by atoms with E-state index >= 15 is 0 Å². The summed E-state index contributed by atoms with van der Waals surface area (Å²) in [6.07, 6.45) is -1.53. The van der Waals surface area contributed by atoms with Crippen molar-refractivity contribution in [3.8, 4) is 28.1 Å². The molecule has 11 heteroatoms. The zero-order chi connectivity index (χ0) is 27.4. The summed E-state index contributed by atoms with van der Waals surface area (Å²) < 4.78 is 57.4. The SMILES string of the molecule is Cc1ccc(-c2c(O)[n+](Cc3cnc(Cl)s3)c3c(C)cccn3c2=O)cc1-c1ccc(C(F)(F)F)cc1F. The largest absolute Gasteiger partial charge is 0.477 e. The van der Waals surface area contributed by atoms with E-state index in [1.54, 1.807) is 55.1 Å². The fourth-order valence-corrected chi connectivity index (χ4v) is 5.43. The molecule has 1 N–H and O–H groups in total. The molecule has 0 unspecified atom stereocenters. The average Bonchev–Trinajstić information content (AvgIpc) is 3.27. The number of rotatable bonds is 4. The van der Waals surface area contributed by atoms with Crippen molar-refractivity contribution < 1.29 is 27.2 Å². The molecule has 0 amide bonds. The summed E-state index contributed by atoms with van der Waals surface area (Å²) in [5.74, 6) is -1.37. The van der Waals surface area contributed by atoms with Gasteiger partial charge in [-0.05, 0) is 60.9 Å². The van der Waals surface area contributed by atoms with Crippen LogP contribution in [0, 0.1) is 19.7 Å². The zero-order valence-electron chi connectivity index (χ0n) is 20.0. The Labute approximate surface area is 222 Å². The third-order valence-electron chi connectivity index (χ3n) is 6.28. The Morgan fingerprint density at radius 2 is 1.84 bits per heavy atom. The van der Waals surface area contributed by atoms with E-state index in [1.165, 1.54) is 21.8 Å². The number of nitrogens with zero attached hydrogens (tertiary/aromatic N) is 3. The maximum absolute atomic E-state index is 14.9. The van der Waals surface area contributed by atoms with Crippen LogP contribution in [0.5, 0.6) is 5.88 Å². The molecule has 0 saturated carbocycles. The Morgan fingerprint density at radius 1 is 1.08 bits per heavy atom. The molecule has 0 aliphatic carbocycles. The van der Waals surface area contributed by atoms with Gasteiger partial charge in [0.1, 0.15) is 12.4 Å². The van der Waals surface area contributed by atoms with Gasteiger partial charge >= 0.3 is 11.7 Å². The fraction of sp³-hybridized carbons (Fsp3) is 0.148.